The Balaban J connectivity index is 1.68. The summed E-state index contributed by atoms with van der Waals surface area (Å²) >= 11 is 5.61. The van der Waals surface area contributed by atoms with Gasteiger partial charge in [0.25, 0.3) is 5.91 Å². The molecule has 0 radical (unpaired) electrons. The molecule has 0 heterocycles. The average molecular weight is 494 g/mol. The van der Waals surface area contributed by atoms with Crippen LogP contribution in [0, 0.1) is 11.7 Å². The van der Waals surface area contributed by atoms with Crippen molar-refractivity contribution in [2.75, 3.05) is 0 Å². The first-order valence-corrected chi connectivity index (χ1v) is 11.4. The molecule has 0 unspecified atom stereocenters. The van der Waals surface area contributed by atoms with Crippen LogP contribution in [0.4, 0.5) is 17.6 Å². The number of hydrogen-bond donors (Lipinski definition) is 1. The zero-order valence-corrected chi connectivity index (χ0v) is 18.6. The minimum absolute atomic E-state index is 0.0868. The largest absolute Gasteiger partial charge is 0.573 e. The Morgan fingerprint density at radius 1 is 1.12 bits per heavy atom. The number of sulfone groups is 1. The second kappa shape index (κ2) is 8.55. The number of benzene rings is 2. The molecule has 1 aliphatic carbocycles. The molecule has 0 aliphatic heterocycles. The van der Waals surface area contributed by atoms with Crippen molar-refractivity contribution in [1.82, 2.24) is 5.32 Å². The molecule has 1 fully saturated rings. The summed E-state index contributed by atoms with van der Waals surface area (Å²) in [6.07, 6.45) is -4.26. The lowest BCUT2D eigenvalue weighted by molar-refractivity contribution is -0.274. The van der Waals surface area contributed by atoms with Crippen molar-refractivity contribution in [1.29, 1.82) is 0 Å². The Morgan fingerprint density at radius 3 is 2.38 bits per heavy atom. The number of carbonyl (C=O) groups is 1. The summed E-state index contributed by atoms with van der Waals surface area (Å²) in [7, 11) is -4.02. The van der Waals surface area contributed by atoms with Crippen LogP contribution in [-0.2, 0) is 9.84 Å². The fourth-order valence-electron chi connectivity index (χ4n) is 3.57. The van der Waals surface area contributed by atoms with Crippen molar-refractivity contribution in [3.8, 4) is 5.75 Å². The summed E-state index contributed by atoms with van der Waals surface area (Å²) in [6.45, 7) is 2.99. The van der Waals surface area contributed by atoms with Crippen molar-refractivity contribution in [2.45, 2.75) is 48.7 Å². The molecule has 1 saturated carbocycles. The molecule has 2 aromatic carbocycles. The normalized spacial score (nSPS) is 19.2. The molecule has 0 atom stereocenters. The summed E-state index contributed by atoms with van der Waals surface area (Å²) in [5, 5.41) is 2.61. The van der Waals surface area contributed by atoms with Crippen molar-refractivity contribution in [3.63, 3.8) is 0 Å². The maximum atomic E-state index is 13.6. The molecule has 1 amide bonds. The van der Waals surface area contributed by atoms with E-state index in [4.69, 9.17) is 11.6 Å². The Kier molecular flexibility index (Phi) is 6.50. The van der Waals surface area contributed by atoms with E-state index in [2.05, 4.69) is 10.1 Å². The lowest BCUT2D eigenvalue weighted by Crippen LogP contribution is -2.53. The van der Waals surface area contributed by atoms with Gasteiger partial charge in [0.2, 0.25) is 0 Å². The number of nitrogens with one attached hydrogen (secondary N) is 1. The van der Waals surface area contributed by atoms with Crippen LogP contribution in [0.25, 0.3) is 0 Å². The third-order valence-electron chi connectivity index (χ3n) is 5.68. The second-order valence-corrected chi connectivity index (χ2v) is 11.0. The number of amides is 1. The van der Waals surface area contributed by atoms with Gasteiger partial charge in [0, 0.05) is 11.6 Å². The fraction of sp³-hybridized carbons (Fsp3) is 0.381. The molecule has 5 nitrogen and oxygen atoms in total. The molecular formula is C21H20ClF4NO4S. The van der Waals surface area contributed by atoms with Crippen LogP contribution in [0.15, 0.2) is 47.4 Å². The minimum atomic E-state index is -4.94. The van der Waals surface area contributed by atoms with E-state index < -0.39 is 38.4 Å². The fourth-order valence-corrected chi connectivity index (χ4v) is 5.46. The smallest absolute Gasteiger partial charge is 0.406 e. The first kappa shape index (κ1) is 24.3. The van der Waals surface area contributed by atoms with Gasteiger partial charge in [0.15, 0.2) is 9.84 Å². The van der Waals surface area contributed by atoms with Crippen LogP contribution >= 0.6 is 11.6 Å². The summed E-state index contributed by atoms with van der Waals surface area (Å²) < 4.78 is 79.8. The van der Waals surface area contributed by atoms with Crippen LogP contribution in [0.3, 0.4) is 0 Å². The molecule has 0 bridgehead atoms. The number of hydrogen-bond acceptors (Lipinski definition) is 4. The van der Waals surface area contributed by atoms with Gasteiger partial charge in [-0.05, 0) is 69.0 Å². The second-order valence-electron chi connectivity index (χ2n) is 8.10. The molecule has 0 aromatic heterocycles. The highest BCUT2D eigenvalue weighted by Crippen LogP contribution is 2.44. The standard InChI is InChI=1S/C21H20ClF4NO4S/c1-20(2,32(29,30)16-5-3-4-15(11-16)31-21(24,25)26)13-9-14(10-13)27-19(28)12-6-7-17(22)18(23)8-12/h3-8,11,13-14H,9-10H2,1-2H3,(H,27,28)/t13-,14+. The molecule has 174 valence electrons. The van der Waals surface area contributed by atoms with Gasteiger partial charge in [-0.1, -0.05) is 17.7 Å². The number of ether oxygens (including phenoxy) is 1. The predicted octanol–water partition coefficient (Wildman–Crippen LogP) is 5.14. The lowest BCUT2D eigenvalue weighted by atomic mass is 9.73. The van der Waals surface area contributed by atoms with E-state index in [9.17, 15) is 30.8 Å². The first-order valence-electron chi connectivity index (χ1n) is 9.57. The average Bonchev–Trinajstić information content (AvgIpc) is 2.64. The molecule has 0 saturated heterocycles. The Morgan fingerprint density at radius 2 is 1.78 bits per heavy atom. The predicted molar refractivity (Wildman–Crippen MR) is 110 cm³/mol. The molecule has 11 heteroatoms. The third kappa shape index (κ3) is 5.01. The van der Waals surface area contributed by atoms with Crippen molar-refractivity contribution in [2.24, 2.45) is 5.92 Å². The highest BCUT2D eigenvalue weighted by Gasteiger charge is 2.49. The summed E-state index contributed by atoms with van der Waals surface area (Å²) in [6, 6.07) is 7.60. The van der Waals surface area contributed by atoms with Crippen LogP contribution in [0.1, 0.15) is 37.0 Å². The number of carbonyl (C=O) groups excluding carboxylic acids is 1. The third-order valence-corrected chi connectivity index (χ3v) is 8.58. The topological polar surface area (TPSA) is 72.5 Å². The van der Waals surface area contributed by atoms with Gasteiger partial charge in [-0.15, -0.1) is 13.2 Å². The van der Waals surface area contributed by atoms with Crippen LogP contribution in [-0.4, -0.2) is 31.5 Å². The van der Waals surface area contributed by atoms with Crippen LogP contribution in [0.2, 0.25) is 5.02 Å². The number of halogens is 5. The van der Waals surface area contributed by atoms with E-state index in [1.54, 1.807) is 0 Å². The Bertz CT molecular complexity index is 1130. The quantitative estimate of drug-likeness (QED) is 0.566. The SMILES string of the molecule is CC(C)([C@H]1C[C@@H](NC(=O)c2ccc(Cl)c(F)c2)C1)S(=O)(=O)c1cccc(OC(F)(F)F)c1. The van der Waals surface area contributed by atoms with E-state index in [1.165, 1.54) is 38.1 Å². The summed E-state index contributed by atoms with van der Waals surface area (Å²) in [4.78, 5) is 12.0. The molecular weight excluding hydrogens is 474 g/mol. The Hall–Kier alpha value is -2.33. The number of alkyl halides is 3. The number of rotatable bonds is 6. The van der Waals surface area contributed by atoms with Gasteiger partial charge in [0.1, 0.15) is 11.6 Å². The molecule has 32 heavy (non-hydrogen) atoms. The van der Waals surface area contributed by atoms with E-state index >= 15 is 0 Å². The van der Waals surface area contributed by atoms with Crippen LogP contribution in [0.5, 0.6) is 5.75 Å². The highest BCUT2D eigenvalue weighted by molar-refractivity contribution is 7.92. The van der Waals surface area contributed by atoms with E-state index in [1.807, 2.05) is 0 Å². The van der Waals surface area contributed by atoms with E-state index in [0.717, 1.165) is 18.2 Å². The van der Waals surface area contributed by atoms with Gasteiger partial charge in [0.05, 0.1) is 14.7 Å². The monoisotopic (exact) mass is 493 g/mol. The molecule has 3 rings (SSSR count). The van der Waals surface area contributed by atoms with E-state index in [0.29, 0.717) is 12.8 Å². The minimum Gasteiger partial charge on any atom is -0.406 e. The van der Waals surface area contributed by atoms with Gasteiger partial charge in [-0.2, -0.15) is 0 Å². The summed E-state index contributed by atoms with van der Waals surface area (Å²) in [5.41, 5.74) is 0.0868. The zero-order chi connectivity index (χ0) is 23.9. The maximum Gasteiger partial charge on any atom is 0.573 e. The molecule has 0 spiro atoms. The van der Waals surface area contributed by atoms with Gasteiger partial charge in [-0.3, -0.25) is 4.79 Å². The van der Waals surface area contributed by atoms with Crippen LogP contribution < -0.4 is 10.1 Å². The van der Waals surface area contributed by atoms with Crippen molar-refractivity contribution >= 4 is 27.3 Å². The highest BCUT2D eigenvalue weighted by atomic mass is 35.5. The lowest BCUT2D eigenvalue weighted by Gasteiger charge is -2.45. The molecule has 1 aliphatic rings. The molecule has 2 aromatic rings. The maximum absolute atomic E-state index is 13.6. The first-order chi connectivity index (χ1) is 14.7. The summed E-state index contributed by atoms with van der Waals surface area (Å²) in [5.74, 6) is -2.22. The van der Waals surface area contributed by atoms with Gasteiger partial charge < -0.3 is 10.1 Å². The van der Waals surface area contributed by atoms with E-state index in [-0.39, 0.29) is 27.4 Å². The van der Waals surface area contributed by atoms with Gasteiger partial charge in [-0.25, -0.2) is 12.8 Å². The molecule has 1 N–H and O–H groups in total. The van der Waals surface area contributed by atoms with Crippen molar-refractivity contribution in [3.05, 3.63) is 58.9 Å². The van der Waals surface area contributed by atoms with Crippen molar-refractivity contribution < 1.29 is 35.5 Å². The van der Waals surface area contributed by atoms with Gasteiger partial charge >= 0.3 is 6.36 Å². The Labute approximate surface area is 187 Å². The zero-order valence-electron chi connectivity index (χ0n) is 17.0.